The number of nitrogens with zero attached hydrogens (tertiary/aromatic N) is 3. The number of hydrogen-bond acceptors (Lipinski definition) is 5. The van der Waals surface area contributed by atoms with E-state index in [1.54, 1.807) is 6.33 Å². The Bertz CT molecular complexity index is 484. The number of H-pyrrole nitrogens is 1. The Balaban J connectivity index is 2.36. The highest BCUT2D eigenvalue weighted by Gasteiger charge is 2.25. The van der Waals surface area contributed by atoms with Crippen LogP contribution in [0.2, 0.25) is 0 Å². The van der Waals surface area contributed by atoms with Gasteiger partial charge in [-0.15, -0.1) is 0 Å². The number of thiocarbonyl (C=S) groups is 1. The highest BCUT2D eigenvalue weighted by molar-refractivity contribution is 7.80. The van der Waals surface area contributed by atoms with Crippen molar-refractivity contribution in [1.82, 2.24) is 18.7 Å². The van der Waals surface area contributed by atoms with Gasteiger partial charge in [0.25, 0.3) is 0 Å². The number of rotatable bonds is 0. The maximum atomic E-state index is 5.22. The fourth-order valence-corrected chi connectivity index (χ4v) is 2.29. The Morgan fingerprint density at radius 2 is 2.31 bits per heavy atom. The van der Waals surface area contributed by atoms with E-state index in [1.165, 1.54) is 11.7 Å². The van der Waals surface area contributed by atoms with Gasteiger partial charge in [0, 0.05) is 11.3 Å². The first-order valence-electron chi connectivity index (χ1n) is 3.74. The molecule has 0 saturated heterocycles. The standard InChI is InChI=1S/C7H4N4S2/c12-4-1-3-5(11-13-10-3)7-6(4)8-2-9-7/h2H,1H2,(H,8,9). The third-order valence-corrected chi connectivity index (χ3v) is 2.94. The summed E-state index contributed by atoms with van der Waals surface area (Å²) >= 11 is 6.43. The van der Waals surface area contributed by atoms with Crippen molar-refractivity contribution < 1.29 is 0 Å². The van der Waals surface area contributed by atoms with Crippen molar-refractivity contribution in [3.8, 4) is 11.4 Å². The monoisotopic (exact) mass is 208 g/mol. The van der Waals surface area contributed by atoms with Gasteiger partial charge >= 0.3 is 0 Å². The second kappa shape index (κ2) is 2.43. The Labute approximate surface area is 83.4 Å². The fraction of sp³-hybridized carbons (Fsp3) is 0.143. The minimum atomic E-state index is 0.705. The number of aromatic nitrogens is 4. The van der Waals surface area contributed by atoms with Gasteiger partial charge in [-0.1, -0.05) is 12.2 Å². The van der Waals surface area contributed by atoms with E-state index in [4.69, 9.17) is 12.2 Å². The highest BCUT2D eigenvalue weighted by Crippen LogP contribution is 2.29. The molecular formula is C7H4N4S2. The average molecular weight is 208 g/mol. The molecule has 0 saturated carbocycles. The second-order valence-electron chi connectivity index (χ2n) is 2.79. The third kappa shape index (κ3) is 0.895. The van der Waals surface area contributed by atoms with Crippen LogP contribution in [0.5, 0.6) is 0 Å². The van der Waals surface area contributed by atoms with Crippen molar-refractivity contribution >= 4 is 28.8 Å². The molecule has 2 aromatic heterocycles. The van der Waals surface area contributed by atoms with Gasteiger partial charge in [-0.3, -0.25) is 0 Å². The molecule has 13 heavy (non-hydrogen) atoms. The van der Waals surface area contributed by atoms with Crippen molar-refractivity contribution in [2.24, 2.45) is 0 Å². The maximum absolute atomic E-state index is 5.22. The lowest BCUT2D eigenvalue weighted by Crippen LogP contribution is -2.11. The molecule has 0 amide bonds. The van der Waals surface area contributed by atoms with Crippen LogP contribution in [0.15, 0.2) is 6.33 Å². The Morgan fingerprint density at radius 3 is 3.23 bits per heavy atom. The first kappa shape index (κ1) is 7.28. The quantitative estimate of drug-likeness (QED) is 0.661. The van der Waals surface area contributed by atoms with E-state index in [2.05, 4.69) is 18.7 Å². The van der Waals surface area contributed by atoms with Gasteiger partial charge in [0.2, 0.25) is 0 Å². The Morgan fingerprint density at radius 1 is 1.38 bits per heavy atom. The zero-order valence-corrected chi connectivity index (χ0v) is 8.08. The minimum Gasteiger partial charge on any atom is -0.344 e. The van der Waals surface area contributed by atoms with Crippen LogP contribution in [0.1, 0.15) is 11.4 Å². The smallest absolute Gasteiger partial charge is 0.128 e. The number of imidazole rings is 1. The zero-order valence-electron chi connectivity index (χ0n) is 6.44. The molecule has 1 aliphatic carbocycles. The predicted molar refractivity (Wildman–Crippen MR) is 52.9 cm³/mol. The van der Waals surface area contributed by atoms with Crippen LogP contribution in [0.3, 0.4) is 0 Å². The normalized spacial score (nSPS) is 14.0. The van der Waals surface area contributed by atoms with Crippen molar-refractivity contribution in [3.63, 3.8) is 0 Å². The third-order valence-electron chi connectivity index (χ3n) is 2.03. The van der Waals surface area contributed by atoms with E-state index in [0.717, 1.165) is 27.6 Å². The van der Waals surface area contributed by atoms with E-state index >= 15 is 0 Å². The molecule has 2 heterocycles. The number of aromatic amines is 1. The molecule has 0 aromatic carbocycles. The summed E-state index contributed by atoms with van der Waals surface area (Å²) in [7, 11) is 0. The highest BCUT2D eigenvalue weighted by atomic mass is 32.1. The zero-order chi connectivity index (χ0) is 8.84. The van der Waals surface area contributed by atoms with Crippen molar-refractivity contribution in [2.45, 2.75) is 6.42 Å². The lowest BCUT2D eigenvalue weighted by Gasteiger charge is -2.08. The summed E-state index contributed by atoms with van der Waals surface area (Å²) in [5.74, 6) is 0. The fourth-order valence-electron chi connectivity index (χ4n) is 1.43. The number of fused-ring (bicyclic) bond motifs is 3. The molecule has 0 radical (unpaired) electrons. The molecule has 0 fully saturated rings. The van der Waals surface area contributed by atoms with Gasteiger partial charge in [-0.2, -0.15) is 8.75 Å². The van der Waals surface area contributed by atoms with Gasteiger partial charge in [-0.25, -0.2) is 4.98 Å². The Hall–Kier alpha value is -1.14. The topological polar surface area (TPSA) is 54.5 Å². The van der Waals surface area contributed by atoms with Crippen LogP contribution in [-0.2, 0) is 6.42 Å². The van der Waals surface area contributed by atoms with E-state index in [-0.39, 0.29) is 0 Å². The molecule has 0 bridgehead atoms. The van der Waals surface area contributed by atoms with Crippen LogP contribution in [0.25, 0.3) is 11.4 Å². The Kier molecular flexibility index (Phi) is 1.36. The van der Waals surface area contributed by atoms with Gasteiger partial charge < -0.3 is 4.98 Å². The number of hydrogen-bond donors (Lipinski definition) is 1. The first-order chi connectivity index (χ1) is 6.36. The van der Waals surface area contributed by atoms with E-state index in [0.29, 0.717) is 6.42 Å². The van der Waals surface area contributed by atoms with Gasteiger partial charge in [-0.05, 0) is 0 Å². The molecule has 0 atom stereocenters. The number of nitrogens with one attached hydrogen (secondary N) is 1. The molecule has 3 rings (SSSR count). The van der Waals surface area contributed by atoms with Crippen LogP contribution in [-0.4, -0.2) is 23.6 Å². The second-order valence-corrected chi connectivity index (χ2v) is 3.81. The SMILES string of the molecule is S=C1Cc2nsnc2-c2nc[nH]c21. The average Bonchev–Trinajstić information content (AvgIpc) is 2.66. The summed E-state index contributed by atoms with van der Waals surface area (Å²) in [6.07, 6.45) is 2.35. The summed E-state index contributed by atoms with van der Waals surface area (Å²) < 4.78 is 8.37. The summed E-state index contributed by atoms with van der Waals surface area (Å²) in [5, 5.41) is 0. The molecule has 1 N–H and O–H groups in total. The maximum Gasteiger partial charge on any atom is 0.128 e. The van der Waals surface area contributed by atoms with E-state index in [1.807, 2.05) is 0 Å². The molecule has 6 heteroatoms. The lowest BCUT2D eigenvalue weighted by molar-refractivity contribution is 1.19. The van der Waals surface area contributed by atoms with Crippen molar-refractivity contribution in [2.75, 3.05) is 0 Å². The van der Waals surface area contributed by atoms with Crippen LogP contribution >= 0.6 is 23.9 Å². The molecule has 2 aromatic rings. The summed E-state index contributed by atoms with van der Waals surface area (Å²) in [6.45, 7) is 0. The molecule has 0 aliphatic heterocycles. The van der Waals surface area contributed by atoms with Crippen LogP contribution in [0.4, 0.5) is 0 Å². The van der Waals surface area contributed by atoms with Gasteiger partial charge in [0.1, 0.15) is 11.4 Å². The van der Waals surface area contributed by atoms with E-state index in [9.17, 15) is 0 Å². The van der Waals surface area contributed by atoms with Gasteiger partial charge in [0.15, 0.2) is 0 Å². The summed E-state index contributed by atoms with van der Waals surface area (Å²) in [5.41, 5.74) is 3.61. The predicted octanol–water partition coefficient (Wildman–Crippen LogP) is 1.20. The molecular weight excluding hydrogens is 204 g/mol. The van der Waals surface area contributed by atoms with Gasteiger partial charge in [0.05, 0.1) is 29.4 Å². The van der Waals surface area contributed by atoms with Crippen molar-refractivity contribution in [3.05, 3.63) is 17.7 Å². The van der Waals surface area contributed by atoms with Crippen molar-refractivity contribution in [1.29, 1.82) is 0 Å². The largest absolute Gasteiger partial charge is 0.344 e. The minimum absolute atomic E-state index is 0.705. The molecule has 0 spiro atoms. The van der Waals surface area contributed by atoms with Crippen LogP contribution < -0.4 is 0 Å². The lowest BCUT2D eigenvalue weighted by atomic mass is 10.0. The molecule has 1 aliphatic rings. The summed E-state index contributed by atoms with van der Waals surface area (Å²) in [4.78, 5) is 8.07. The van der Waals surface area contributed by atoms with E-state index < -0.39 is 0 Å². The first-order valence-corrected chi connectivity index (χ1v) is 4.88. The van der Waals surface area contributed by atoms with Crippen LogP contribution in [0, 0.1) is 0 Å². The molecule has 4 nitrogen and oxygen atoms in total. The summed E-state index contributed by atoms with van der Waals surface area (Å²) in [6, 6.07) is 0. The molecule has 64 valence electrons. The molecule has 0 unspecified atom stereocenters.